The number of β-amino-alcohol motifs (C(OH)–C–C–N with tert-alkyl or cyclic N) is 1. The third-order valence-corrected chi connectivity index (χ3v) is 5.77. The lowest BCUT2D eigenvalue weighted by Crippen LogP contribution is -2.31. The van der Waals surface area contributed by atoms with Crippen molar-refractivity contribution in [2.24, 2.45) is 0 Å². The fourth-order valence-corrected chi connectivity index (χ4v) is 4.13. The first-order valence-electron chi connectivity index (χ1n) is 11.9. The molecule has 1 N–H and O–H groups in total. The SMILES string of the molecule is CCCCCCCCCCCCCCC=CC[N+]1=C(CC)N(CCO)CC1. The second kappa shape index (κ2) is 17.3. The van der Waals surface area contributed by atoms with E-state index in [9.17, 15) is 0 Å². The van der Waals surface area contributed by atoms with Crippen molar-refractivity contribution in [2.45, 2.75) is 104 Å². The molecule has 3 heteroatoms. The number of amidine groups is 1. The summed E-state index contributed by atoms with van der Waals surface area (Å²) in [5.74, 6) is 1.40. The van der Waals surface area contributed by atoms with Gasteiger partial charge in [-0.3, -0.25) is 9.48 Å². The number of rotatable bonds is 18. The van der Waals surface area contributed by atoms with Crippen LogP contribution in [0.5, 0.6) is 0 Å². The van der Waals surface area contributed by atoms with E-state index in [1.54, 1.807) is 0 Å². The Hall–Kier alpha value is -0.830. The monoisotopic (exact) mass is 379 g/mol. The Bertz CT molecular complexity index is 403. The number of aliphatic hydroxyl groups is 1. The van der Waals surface area contributed by atoms with Gasteiger partial charge in [-0.2, -0.15) is 0 Å². The average Bonchev–Trinajstić information content (AvgIpc) is 3.06. The van der Waals surface area contributed by atoms with Gasteiger partial charge in [0, 0.05) is 6.42 Å². The van der Waals surface area contributed by atoms with Gasteiger partial charge in [-0.05, 0) is 18.9 Å². The van der Waals surface area contributed by atoms with Gasteiger partial charge < -0.3 is 5.11 Å². The van der Waals surface area contributed by atoms with Gasteiger partial charge in [0.25, 0.3) is 0 Å². The average molecular weight is 380 g/mol. The number of nitrogens with zero attached hydrogens (tertiary/aromatic N) is 2. The maximum Gasteiger partial charge on any atom is 0.247 e. The third-order valence-electron chi connectivity index (χ3n) is 5.77. The highest BCUT2D eigenvalue weighted by Gasteiger charge is 2.27. The summed E-state index contributed by atoms with van der Waals surface area (Å²) in [7, 11) is 0. The Balaban J connectivity index is 1.94. The number of hydrogen-bond acceptors (Lipinski definition) is 2. The largest absolute Gasteiger partial charge is 0.392 e. The molecule has 0 spiro atoms. The number of allylic oxidation sites excluding steroid dienone is 1. The van der Waals surface area contributed by atoms with E-state index in [0.717, 1.165) is 32.6 Å². The summed E-state index contributed by atoms with van der Waals surface area (Å²) in [6.07, 6.45) is 24.1. The molecule has 0 saturated carbocycles. The lowest BCUT2D eigenvalue weighted by atomic mass is 10.0. The molecule has 0 fully saturated rings. The zero-order valence-corrected chi connectivity index (χ0v) is 18.4. The Morgan fingerprint density at radius 3 is 2.00 bits per heavy atom. The zero-order valence-electron chi connectivity index (χ0n) is 18.4. The molecule has 0 atom stereocenters. The van der Waals surface area contributed by atoms with E-state index in [1.165, 1.54) is 89.3 Å². The van der Waals surface area contributed by atoms with Gasteiger partial charge in [-0.25, -0.2) is 0 Å². The quantitative estimate of drug-likeness (QED) is 0.186. The van der Waals surface area contributed by atoms with E-state index in [4.69, 9.17) is 5.11 Å². The van der Waals surface area contributed by atoms with Gasteiger partial charge in [0.15, 0.2) is 0 Å². The van der Waals surface area contributed by atoms with Crippen molar-refractivity contribution in [1.29, 1.82) is 0 Å². The van der Waals surface area contributed by atoms with Crippen molar-refractivity contribution < 1.29 is 9.68 Å². The van der Waals surface area contributed by atoms with Gasteiger partial charge in [0.2, 0.25) is 5.84 Å². The first-order valence-corrected chi connectivity index (χ1v) is 11.9. The van der Waals surface area contributed by atoms with Gasteiger partial charge >= 0.3 is 0 Å². The molecule has 1 rings (SSSR count). The van der Waals surface area contributed by atoms with E-state index in [2.05, 4.69) is 35.5 Å². The normalized spacial score (nSPS) is 14.9. The third kappa shape index (κ3) is 11.6. The maximum atomic E-state index is 9.16. The molecule has 1 heterocycles. The standard InChI is InChI=1S/C24H47N2O/c1-3-5-6-7-8-9-10-11-12-13-14-15-16-17-18-19-25-20-21-26(22-23-27)24(25)4-2/h17-18,27H,3-16,19-23H2,1-2H3/q+1. The van der Waals surface area contributed by atoms with E-state index in [1.807, 2.05) is 0 Å². The van der Waals surface area contributed by atoms with Crippen LogP contribution in [0.3, 0.4) is 0 Å². The molecular weight excluding hydrogens is 332 g/mol. The highest BCUT2D eigenvalue weighted by molar-refractivity contribution is 5.78. The molecule has 158 valence electrons. The fourth-order valence-electron chi connectivity index (χ4n) is 4.13. The second-order valence-electron chi connectivity index (χ2n) is 8.08. The number of unbranched alkanes of at least 4 members (excludes halogenated alkanes) is 12. The Morgan fingerprint density at radius 2 is 1.44 bits per heavy atom. The lowest BCUT2D eigenvalue weighted by Gasteiger charge is -2.10. The molecule has 3 nitrogen and oxygen atoms in total. The minimum atomic E-state index is 0.256. The predicted octanol–water partition coefficient (Wildman–Crippen LogP) is 5.76. The molecule has 0 saturated heterocycles. The molecule has 0 aromatic heterocycles. The van der Waals surface area contributed by atoms with Crippen molar-refractivity contribution in [3.05, 3.63) is 12.2 Å². The summed E-state index contributed by atoms with van der Waals surface area (Å²) in [6, 6.07) is 0. The van der Waals surface area contributed by atoms with Crippen molar-refractivity contribution in [3.8, 4) is 0 Å². The molecule has 1 aliphatic rings. The first kappa shape index (κ1) is 24.2. The molecular formula is C24H47N2O+. The van der Waals surface area contributed by atoms with Crippen molar-refractivity contribution in [1.82, 2.24) is 4.90 Å². The van der Waals surface area contributed by atoms with Crippen molar-refractivity contribution >= 4 is 5.84 Å². The van der Waals surface area contributed by atoms with Crippen molar-refractivity contribution in [2.75, 3.05) is 32.8 Å². The van der Waals surface area contributed by atoms with Crippen LogP contribution in [-0.2, 0) is 0 Å². The Labute approximate surface area is 169 Å². The Morgan fingerprint density at radius 1 is 0.852 bits per heavy atom. The van der Waals surface area contributed by atoms with Crippen LogP contribution in [0, 0.1) is 0 Å². The highest BCUT2D eigenvalue weighted by atomic mass is 16.3. The van der Waals surface area contributed by atoms with Crippen LogP contribution >= 0.6 is 0 Å². The van der Waals surface area contributed by atoms with E-state index in [-0.39, 0.29) is 6.61 Å². The van der Waals surface area contributed by atoms with Crippen LogP contribution in [-0.4, -0.2) is 53.2 Å². The van der Waals surface area contributed by atoms with Gasteiger partial charge in [-0.15, -0.1) is 0 Å². The van der Waals surface area contributed by atoms with Gasteiger partial charge in [0.1, 0.15) is 26.2 Å². The Kier molecular flexibility index (Phi) is 15.5. The zero-order chi connectivity index (χ0) is 19.6. The highest BCUT2D eigenvalue weighted by Crippen LogP contribution is 2.12. The van der Waals surface area contributed by atoms with E-state index >= 15 is 0 Å². The molecule has 0 aliphatic carbocycles. The first-order chi connectivity index (χ1) is 13.3. The summed E-state index contributed by atoms with van der Waals surface area (Å²) >= 11 is 0. The summed E-state index contributed by atoms with van der Waals surface area (Å²) in [6.45, 7) is 8.74. The minimum absolute atomic E-state index is 0.256. The van der Waals surface area contributed by atoms with Crippen LogP contribution in [0.4, 0.5) is 0 Å². The molecule has 0 aromatic rings. The fraction of sp³-hybridized carbons (Fsp3) is 0.875. The molecule has 0 unspecified atom stereocenters. The minimum Gasteiger partial charge on any atom is -0.392 e. The summed E-state index contributed by atoms with van der Waals surface area (Å²) in [5, 5.41) is 9.16. The molecule has 0 aromatic carbocycles. The van der Waals surface area contributed by atoms with E-state index in [0.29, 0.717) is 0 Å². The molecule has 0 radical (unpaired) electrons. The van der Waals surface area contributed by atoms with E-state index < -0.39 is 0 Å². The number of aliphatic hydroxyl groups excluding tert-OH is 1. The van der Waals surface area contributed by atoms with Crippen LogP contribution < -0.4 is 0 Å². The maximum absolute atomic E-state index is 9.16. The van der Waals surface area contributed by atoms with Crippen LogP contribution in [0.1, 0.15) is 104 Å². The predicted molar refractivity (Wildman–Crippen MR) is 119 cm³/mol. The molecule has 1 aliphatic heterocycles. The topological polar surface area (TPSA) is 26.5 Å². The van der Waals surface area contributed by atoms with Crippen molar-refractivity contribution in [3.63, 3.8) is 0 Å². The lowest BCUT2D eigenvalue weighted by molar-refractivity contribution is -0.508. The number of hydrogen-bond donors (Lipinski definition) is 1. The smallest absolute Gasteiger partial charge is 0.247 e. The van der Waals surface area contributed by atoms with Crippen LogP contribution in [0.15, 0.2) is 12.2 Å². The van der Waals surface area contributed by atoms with Crippen LogP contribution in [0.2, 0.25) is 0 Å². The molecule has 27 heavy (non-hydrogen) atoms. The summed E-state index contributed by atoms with van der Waals surface area (Å²) in [4.78, 5) is 2.33. The summed E-state index contributed by atoms with van der Waals surface area (Å²) in [5.41, 5.74) is 0. The van der Waals surface area contributed by atoms with Gasteiger partial charge in [0.05, 0.1) is 6.61 Å². The summed E-state index contributed by atoms with van der Waals surface area (Å²) < 4.78 is 2.47. The second-order valence-corrected chi connectivity index (χ2v) is 8.08. The molecule has 0 bridgehead atoms. The van der Waals surface area contributed by atoms with Crippen LogP contribution in [0.25, 0.3) is 0 Å². The molecule has 0 amide bonds. The van der Waals surface area contributed by atoms with Gasteiger partial charge in [-0.1, -0.05) is 90.6 Å².